The zero-order valence-electron chi connectivity index (χ0n) is 11.9. The molecule has 0 aromatic carbocycles. The van der Waals surface area contributed by atoms with E-state index in [0.29, 0.717) is 6.04 Å². The van der Waals surface area contributed by atoms with Gasteiger partial charge in [-0.15, -0.1) is 5.10 Å². The third-order valence-corrected chi connectivity index (χ3v) is 4.50. The zero-order valence-corrected chi connectivity index (χ0v) is 11.9. The lowest BCUT2D eigenvalue weighted by Crippen LogP contribution is -2.48. The Morgan fingerprint density at radius 2 is 2.30 bits per heavy atom. The summed E-state index contributed by atoms with van der Waals surface area (Å²) in [6.45, 7) is 3.12. The van der Waals surface area contributed by atoms with Gasteiger partial charge in [0.2, 0.25) is 0 Å². The van der Waals surface area contributed by atoms with Gasteiger partial charge in [-0.3, -0.25) is 0 Å². The molecule has 2 aliphatic rings. The molecule has 112 valence electrons. The number of aryl methyl sites for hydroxylation is 1. The summed E-state index contributed by atoms with van der Waals surface area (Å²) in [7, 11) is 0. The molecule has 1 aromatic rings. The maximum absolute atomic E-state index is 8.87. The molecule has 1 unspecified atom stereocenters. The van der Waals surface area contributed by atoms with Gasteiger partial charge in [0.15, 0.2) is 0 Å². The highest BCUT2D eigenvalue weighted by Crippen LogP contribution is 2.37. The van der Waals surface area contributed by atoms with E-state index in [1.807, 2.05) is 10.9 Å². The molecule has 0 aliphatic carbocycles. The van der Waals surface area contributed by atoms with Crippen LogP contribution in [0.4, 0.5) is 0 Å². The van der Waals surface area contributed by atoms with Crippen LogP contribution >= 0.6 is 0 Å². The Balaban J connectivity index is 1.65. The van der Waals surface area contributed by atoms with Gasteiger partial charge in [-0.2, -0.15) is 0 Å². The predicted molar refractivity (Wildman–Crippen MR) is 74.5 cm³/mol. The van der Waals surface area contributed by atoms with Crippen molar-refractivity contribution in [3.8, 4) is 0 Å². The van der Waals surface area contributed by atoms with Gasteiger partial charge in [-0.25, -0.2) is 4.68 Å². The van der Waals surface area contributed by atoms with Gasteiger partial charge in [-0.1, -0.05) is 5.21 Å². The lowest BCUT2D eigenvalue weighted by atomic mass is 9.83. The summed E-state index contributed by atoms with van der Waals surface area (Å²) in [5, 5.41) is 20.8. The van der Waals surface area contributed by atoms with E-state index >= 15 is 0 Å². The third kappa shape index (κ3) is 3.02. The molecule has 1 aromatic heterocycles. The minimum Gasteiger partial charge on any atom is -0.396 e. The zero-order chi connectivity index (χ0) is 13.8. The Bertz CT molecular complexity index is 423. The normalized spacial score (nSPS) is 25.9. The fraction of sp³-hybridized carbons (Fsp3) is 0.857. The van der Waals surface area contributed by atoms with Crippen molar-refractivity contribution in [1.82, 2.24) is 20.3 Å². The number of aliphatic hydroxyl groups is 1. The number of ether oxygens (including phenoxy) is 1. The molecule has 2 saturated heterocycles. The van der Waals surface area contributed by atoms with Gasteiger partial charge in [0.25, 0.3) is 0 Å². The highest BCUT2D eigenvalue weighted by atomic mass is 16.5. The van der Waals surface area contributed by atoms with E-state index < -0.39 is 0 Å². The van der Waals surface area contributed by atoms with Gasteiger partial charge < -0.3 is 15.2 Å². The maximum Gasteiger partial charge on any atom is 0.0828 e. The minimum atomic E-state index is 0.0470. The SMILES string of the molecule is OCCCc1cn(C2CCOC3(CCNCC3)C2)nn1. The first-order chi connectivity index (χ1) is 9.81. The van der Waals surface area contributed by atoms with Crippen molar-refractivity contribution in [3.05, 3.63) is 11.9 Å². The van der Waals surface area contributed by atoms with Crippen molar-refractivity contribution in [2.75, 3.05) is 26.3 Å². The van der Waals surface area contributed by atoms with Crippen LogP contribution in [-0.4, -0.2) is 52.0 Å². The Hall–Kier alpha value is -0.980. The van der Waals surface area contributed by atoms with E-state index in [0.717, 1.165) is 63.9 Å². The van der Waals surface area contributed by atoms with Crippen LogP contribution in [0.5, 0.6) is 0 Å². The summed E-state index contributed by atoms with van der Waals surface area (Å²) < 4.78 is 8.11. The van der Waals surface area contributed by atoms with Crippen LogP contribution in [0.15, 0.2) is 6.20 Å². The van der Waals surface area contributed by atoms with Crippen LogP contribution in [0.2, 0.25) is 0 Å². The van der Waals surface area contributed by atoms with Crippen LogP contribution in [0.3, 0.4) is 0 Å². The minimum absolute atomic E-state index is 0.0470. The number of rotatable bonds is 4. The van der Waals surface area contributed by atoms with Crippen LogP contribution in [0.1, 0.15) is 43.8 Å². The van der Waals surface area contributed by atoms with Crippen molar-refractivity contribution >= 4 is 0 Å². The van der Waals surface area contributed by atoms with E-state index in [4.69, 9.17) is 9.84 Å². The first-order valence-corrected chi connectivity index (χ1v) is 7.68. The molecule has 6 heteroatoms. The lowest BCUT2D eigenvalue weighted by molar-refractivity contribution is -0.112. The highest BCUT2D eigenvalue weighted by Gasteiger charge is 2.39. The fourth-order valence-corrected chi connectivity index (χ4v) is 3.33. The molecule has 2 fully saturated rings. The number of aliphatic hydroxyl groups excluding tert-OH is 1. The summed E-state index contributed by atoms with van der Waals surface area (Å²) in [5.41, 5.74) is 1.02. The number of nitrogens with zero attached hydrogens (tertiary/aromatic N) is 3. The number of hydrogen-bond acceptors (Lipinski definition) is 5. The molecule has 1 spiro atoms. The van der Waals surface area contributed by atoms with E-state index in [1.165, 1.54) is 0 Å². The molecule has 2 aliphatic heterocycles. The van der Waals surface area contributed by atoms with E-state index in [2.05, 4.69) is 15.6 Å². The number of nitrogens with one attached hydrogen (secondary N) is 1. The van der Waals surface area contributed by atoms with Gasteiger partial charge in [0.1, 0.15) is 0 Å². The average Bonchev–Trinajstić information content (AvgIpc) is 2.95. The summed E-state index contributed by atoms with van der Waals surface area (Å²) in [4.78, 5) is 0. The summed E-state index contributed by atoms with van der Waals surface area (Å²) >= 11 is 0. The Kier molecular flexibility index (Phi) is 4.33. The van der Waals surface area contributed by atoms with E-state index in [9.17, 15) is 0 Å². The van der Waals surface area contributed by atoms with E-state index in [1.54, 1.807) is 0 Å². The quantitative estimate of drug-likeness (QED) is 0.848. The Morgan fingerprint density at radius 3 is 3.10 bits per heavy atom. The number of piperidine rings is 1. The maximum atomic E-state index is 8.87. The van der Waals surface area contributed by atoms with Crippen molar-refractivity contribution in [2.24, 2.45) is 0 Å². The summed E-state index contributed by atoms with van der Waals surface area (Å²) in [6.07, 6.45) is 7.83. The monoisotopic (exact) mass is 280 g/mol. The fourth-order valence-electron chi connectivity index (χ4n) is 3.33. The van der Waals surface area contributed by atoms with Gasteiger partial charge in [-0.05, 0) is 51.6 Å². The Labute approximate surface area is 119 Å². The lowest BCUT2D eigenvalue weighted by Gasteiger charge is -2.43. The second-order valence-electron chi connectivity index (χ2n) is 5.95. The summed E-state index contributed by atoms with van der Waals surface area (Å²) in [5.74, 6) is 0. The van der Waals surface area contributed by atoms with Crippen molar-refractivity contribution in [1.29, 1.82) is 0 Å². The number of hydrogen-bond donors (Lipinski definition) is 2. The molecule has 20 heavy (non-hydrogen) atoms. The molecule has 3 rings (SSSR count). The molecule has 0 amide bonds. The largest absolute Gasteiger partial charge is 0.396 e. The Morgan fingerprint density at radius 1 is 1.45 bits per heavy atom. The predicted octanol–water partition coefficient (Wildman–Crippen LogP) is 0.677. The first kappa shape index (κ1) is 14.0. The smallest absolute Gasteiger partial charge is 0.0828 e. The number of aromatic nitrogens is 3. The molecule has 2 N–H and O–H groups in total. The molecule has 3 heterocycles. The van der Waals surface area contributed by atoms with Gasteiger partial charge in [0, 0.05) is 19.4 Å². The molecule has 0 saturated carbocycles. The third-order valence-electron chi connectivity index (χ3n) is 4.50. The van der Waals surface area contributed by atoms with Crippen LogP contribution in [0.25, 0.3) is 0 Å². The van der Waals surface area contributed by atoms with Crippen molar-refractivity contribution in [3.63, 3.8) is 0 Å². The standard InChI is InChI=1S/C14H24N4O2/c19-8-1-2-12-11-18(17-16-12)13-3-9-20-14(10-13)4-6-15-7-5-14/h11,13,15,19H,1-10H2. The molecular formula is C14H24N4O2. The summed E-state index contributed by atoms with van der Waals surface area (Å²) in [6, 6.07) is 0.400. The van der Waals surface area contributed by atoms with E-state index in [-0.39, 0.29) is 12.2 Å². The molecule has 1 atom stereocenters. The topological polar surface area (TPSA) is 72.2 Å². The molecule has 0 radical (unpaired) electrons. The van der Waals surface area contributed by atoms with Crippen molar-refractivity contribution in [2.45, 2.75) is 50.2 Å². The van der Waals surface area contributed by atoms with Crippen LogP contribution < -0.4 is 5.32 Å². The second kappa shape index (κ2) is 6.20. The first-order valence-electron chi connectivity index (χ1n) is 7.68. The second-order valence-corrected chi connectivity index (χ2v) is 5.95. The van der Waals surface area contributed by atoms with Crippen LogP contribution in [0, 0.1) is 0 Å². The van der Waals surface area contributed by atoms with Crippen LogP contribution in [-0.2, 0) is 11.2 Å². The molecule has 0 bridgehead atoms. The molecular weight excluding hydrogens is 256 g/mol. The van der Waals surface area contributed by atoms with Gasteiger partial charge in [0.05, 0.1) is 17.3 Å². The van der Waals surface area contributed by atoms with Gasteiger partial charge >= 0.3 is 0 Å². The molecule has 6 nitrogen and oxygen atoms in total. The highest BCUT2D eigenvalue weighted by molar-refractivity contribution is 4.97. The average molecular weight is 280 g/mol. The van der Waals surface area contributed by atoms with Crippen molar-refractivity contribution < 1.29 is 9.84 Å².